The molecule has 3 heteroatoms. The number of esters is 1. The summed E-state index contributed by atoms with van der Waals surface area (Å²) >= 11 is 0. The van der Waals surface area contributed by atoms with Crippen molar-refractivity contribution in [3.63, 3.8) is 0 Å². The first-order valence-corrected chi connectivity index (χ1v) is 5.53. The van der Waals surface area contributed by atoms with E-state index in [0.717, 1.165) is 30.4 Å². The van der Waals surface area contributed by atoms with E-state index in [-0.39, 0.29) is 11.8 Å². The summed E-state index contributed by atoms with van der Waals surface area (Å²) < 4.78 is 4.52. The van der Waals surface area contributed by atoms with Crippen molar-refractivity contribution in [2.75, 3.05) is 7.11 Å². The van der Waals surface area contributed by atoms with Gasteiger partial charge in [-0.2, -0.15) is 0 Å². The number of allylic oxidation sites excluding steroid dienone is 3. The van der Waals surface area contributed by atoms with Gasteiger partial charge in [0.05, 0.1) is 7.11 Å². The second-order valence-electron chi connectivity index (χ2n) is 4.26. The van der Waals surface area contributed by atoms with Crippen molar-refractivity contribution in [1.29, 1.82) is 0 Å². The summed E-state index contributed by atoms with van der Waals surface area (Å²) in [5.41, 5.74) is 1.84. The molecule has 0 bridgehead atoms. The SMILES string of the molecule is COC(=O)C=CC1=C(C(C)=O)CC(C)CC1. The lowest BCUT2D eigenvalue weighted by atomic mass is 9.83. The van der Waals surface area contributed by atoms with Crippen LogP contribution in [0.25, 0.3) is 0 Å². The molecule has 0 aliphatic heterocycles. The third-order valence-corrected chi connectivity index (χ3v) is 2.89. The minimum absolute atomic E-state index is 0.107. The molecular formula is C13H18O3. The zero-order valence-corrected chi connectivity index (χ0v) is 10.1. The highest BCUT2D eigenvalue weighted by Gasteiger charge is 2.19. The van der Waals surface area contributed by atoms with Crippen molar-refractivity contribution in [3.05, 3.63) is 23.3 Å². The highest BCUT2D eigenvalue weighted by Crippen LogP contribution is 2.30. The summed E-state index contributed by atoms with van der Waals surface area (Å²) in [7, 11) is 1.34. The van der Waals surface area contributed by atoms with E-state index in [4.69, 9.17) is 0 Å². The van der Waals surface area contributed by atoms with Crippen LogP contribution in [-0.4, -0.2) is 18.9 Å². The van der Waals surface area contributed by atoms with Crippen LogP contribution in [0.4, 0.5) is 0 Å². The molecule has 0 aromatic heterocycles. The van der Waals surface area contributed by atoms with Gasteiger partial charge < -0.3 is 4.74 Å². The fourth-order valence-corrected chi connectivity index (χ4v) is 1.92. The first-order chi connectivity index (χ1) is 7.54. The smallest absolute Gasteiger partial charge is 0.330 e. The number of ether oxygens (including phenoxy) is 1. The Morgan fingerprint density at radius 3 is 2.69 bits per heavy atom. The van der Waals surface area contributed by atoms with Crippen LogP contribution in [0.1, 0.15) is 33.1 Å². The van der Waals surface area contributed by atoms with Gasteiger partial charge in [0.25, 0.3) is 0 Å². The van der Waals surface area contributed by atoms with Crippen LogP contribution in [0.2, 0.25) is 0 Å². The summed E-state index contributed by atoms with van der Waals surface area (Å²) in [6, 6.07) is 0. The molecule has 16 heavy (non-hydrogen) atoms. The van der Waals surface area contributed by atoms with Crippen molar-refractivity contribution in [2.45, 2.75) is 33.1 Å². The summed E-state index contributed by atoms with van der Waals surface area (Å²) in [6.45, 7) is 3.73. The Hall–Kier alpha value is -1.38. The number of hydrogen-bond donors (Lipinski definition) is 0. The summed E-state index contributed by atoms with van der Waals surface area (Å²) in [5.74, 6) is 0.277. The second-order valence-corrected chi connectivity index (χ2v) is 4.26. The number of Topliss-reactive ketones (excluding diaryl/α,β-unsaturated/α-hetero) is 1. The zero-order valence-electron chi connectivity index (χ0n) is 10.1. The molecule has 1 unspecified atom stereocenters. The van der Waals surface area contributed by atoms with Crippen LogP contribution in [0.5, 0.6) is 0 Å². The number of methoxy groups -OCH3 is 1. The first-order valence-electron chi connectivity index (χ1n) is 5.53. The van der Waals surface area contributed by atoms with E-state index in [1.165, 1.54) is 13.2 Å². The Morgan fingerprint density at radius 2 is 2.12 bits per heavy atom. The number of ketones is 1. The van der Waals surface area contributed by atoms with E-state index in [9.17, 15) is 9.59 Å². The number of carbonyl (C=O) groups excluding carboxylic acids is 2. The fraction of sp³-hybridized carbons (Fsp3) is 0.538. The standard InChI is InChI=1S/C13H18O3/c1-9-4-5-11(6-7-13(15)16-3)12(8-9)10(2)14/h6-7,9H,4-5,8H2,1-3H3. The molecule has 0 spiro atoms. The predicted molar refractivity (Wildman–Crippen MR) is 61.9 cm³/mol. The van der Waals surface area contributed by atoms with Gasteiger partial charge in [-0.25, -0.2) is 4.79 Å². The first kappa shape index (κ1) is 12.7. The Morgan fingerprint density at radius 1 is 1.44 bits per heavy atom. The Bertz CT molecular complexity index is 350. The topological polar surface area (TPSA) is 43.4 Å². The van der Waals surface area contributed by atoms with E-state index in [1.807, 2.05) is 0 Å². The van der Waals surface area contributed by atoms with Crippen LogP contribution < -0.4 is 0 Å². The maximum absolute atomic E-state index is 11.5. The molecule has 1 rings (SSSR count). The van der Waals surface area contributed by atoms with Gasteiger partial charge in [-0.3, -0.25) is 4.79 Å². The second kappa shape index (κ2) is 5.64. The van der Waals surface area contributed by atoms with Crippen LogP contribution in [-0.2, 0) is 14.3 Å². The summed E-state index contributed by atoms with van der Waals surface area (Å²) in [5, 5.41) is 0. The molecule has 0 radical (unpaired) electrons. The Balaban J connectivity index is 2.88. The van der Waals surface area contributed by atoms with E-state index >= 15 is 0 Å². The molecule has 1 aliphatic carbocycles. The predicted octanol–water partition coefficient (Wildman–Crippen LogP) is 2.42. The molecule has 0 aromatic rings. The third kappa shape index (κ3) is 3.33. The molecule has 88 valence electrons. The lowest BCUT2D eigenvalue weighted by Crippen LogP contribution is -2.12. The molecule has 0 heterocycles. The quantitative estimate of drug-likeness (QED) is 0.544. The van der Waals surface area contributed by atoms with Crippen LogP contribution in [0, 0.1) is 5.92 Å². The van der Waals surface area contributed by atoms with E-state index < -0.39 is 0 Å². The van der Waals surface area contributed by atoms with Gasteiger partial charge in [0.1, 0.15) is 0 Å². The van der Waals surface area contributed by atoms with Gasteiger partial charge >= 0.3 is 5.97 Å². The van der Waals surface area contributed by atoms with E-state index in [0.29, 0.717) is 5.92 Å². The highest BCUT2D eigenvalue weighted by atomic mass is 16.5. The molecule has 0 saturated carbocycles. The van der Waals surface area contributed by atoms with Gasteiger partial charge in [0, 0.05) is 6.08 Å². The summed E-state index contributed by atoms with van der Waals surface area (Å²) in [6.07, 6.45) is 5.85. The fourth-order valence-electron chi connectivity index (χ4n) is 1.92. The molecule has 0 aromatic carbocycles. The molecule has 0 amide bonds. The Labute approximate surface area is 96.2 Å². The normalized spacial score (nSPS) is 21.3. The average Bonchev–Trinajstić information content (AvgIpc) is 2.26. The molecular weight excluding hydrogens is 204 g/mol. The van der Waals surface area contributed by atoms with Gasteiger partial charge in [-0.15, -0.1) is 0 Å². The molecule has 0 fully saturated rings. The van der Waals surface area contributed by atoms with Gasteiger partial charge in [-0.1, -0.05) is 13.0 Å². The van der Waals surface area contributed by atoms with Crippen LogP contribution in [0.3, 0.4) is 0 Å². The van der Waals surface area contributed by atoms with Gasteiger partial charge in [0.15, 0.2) is 5.78 Å². The maximum Gasteiger partial charge on any atom is 0.330 e. The molecule has 1 aliphatic rings. The zero-order chi connectivity index (χ0) is 12.1. The minimum Gasteiger partial charge on any atom is -0.466 e. The monoisotopic (exact) mass is 222 g/mol. The highest BCUT2D eigenvalue weighted by molar-refractivity contribution is 5.95. The number of carbonyl (C=O) groups is 2. The third-order valence-electron chi connectivity index (χ3n) is 2.89. The summed E-state index contributed by atoms with van der Waals surface area (Å²) in [4.78, 5) is 22.4. The number of rotatable bonds is 3. The molecule has 3 nitrogen and oxygen atoms in total. The molecule has 0 saturated heterocycles. The maximum atomic E-state index is 11.5. The van der Waals surface area contributed by atoms with Crippen LogP contribution in [0.15, 0.2) is 23.3 Å². The van der Waals surface area contributed by atoms with Crippen LogP contribution >= 0.6 is 0 Å². The van der Waals surface area contributed by atoms with Gasteiger partial charge in [0.2, 0.25) is 0 Å². The largest absolute Gasteiger partial charge is 0.466 e. The van der Waals surface area contributed by atoms with Crippen molar-refractivity contribution < 1.29 is 14.3 Å². The lowest BCUT2D eigenvalue weighted by Gasteiger charge is -2.21. The van der Waals surface area contributed by atoms with Crippen molar-refractivity contribution in [2.24, 2.45) is 5.92 Å². The molecule has 0 N–H and O–H groups in total. The van der Waals surface area contributed by atoms with E-state index in [1.54, 1.807) is 13.0 Å². The lowest BCUT2D eigenvalue weighted by molar-refractivity contribution is -0.134. The van der Waals surface area contributed by atoms with Crippen molar-refractivity contribution in [1.82, 2.24) is 0 Å². The van der Waals surface area contributed by atoms with Crippen molar-refractivity contribution in [3.8, 4) is 0 Å². The van der Waals surface area contributed by atoms with Gasteiger partial charge in [-0.05, 0) is 43.3 Å². The minimum atomic E-state index is -0.381. The average molecular weight is 222 g/mol. The van der Waals surface area contributed by atoms with Crippen molar-refractivity contribution >= 4 is 11.8 Å². The Kier molecular flexibility index (Phi) is 4.47. The number of hydrogen-bond acceptors (Lipinski definition) is 3. The van der Waals surface area contributed by atoms with E-state index in [2.05, 4.69) is 11.7 Å². The molecule has 1 atom stereocenters.